The maximum atomic E-state index is 12.8. The summed E-state index contributed by atoms with van der Waals surface area (Å²) in [6, 6.07) is 14.1. The first-order valence-corrected chi connectivity index (χ1v) is 11.8. The lowest BCUT2D eigenvalue weighted by atomic mass is 9.87. The molecule has 6 nitrogen and oxygen atoms in total. The van der Waals surface area contributed by atoms with E-state index in [0.717, 1.165) is 5.56 Å². The molecule has 1 heterocycles. The van der Waals surface area contributed by atoms with E-state index in [0.29, 0.717) is 27.9 Å². The molecule has 0 unspecified atom stereocenters. The van der Waals surface area contributed by atoms with Crippen molar-refractivity contribution >= 4 is 57.8 Å². The van der Waals surface area contributed by atoms with E-state index in [4.69, 9.17) is 17.3 Å². The van der Waals surface area contributed by atoms with Crippen molar-refractivity contribution in [3.63, 3.8) is 0 Å². The first-order chi connectivity index (χ1) is 15.5. The number of carbonyl (C=O) groups is 3. The number of carboxylic acids is 1. The molecule has 8 heteroatoms. The van der Waals surface area contributed by atoms with Gasteiger partial charge >= 0.3 is 5.97 Å². The summed E-state index contributed by atoms with van der Waals surface area (Å²) in [5, 5.41) is 11.7. The Balaban J connectivity index is 1.53. The van der Waals surface area contributed by atoms with Gasteiger partial charge in [0.2, 0.25) is 5.91 Å². The molecule has 172 valence electrons. The molecule has 2 aromatic rings. The number of carbonyl (C=O) groups excluding carboxylic acids is 2. The van der Waals surface area contributed by atoms with E-state index in [9.17, 15) is 14.4 Å². The number of thiocarbonyl (C=S) groups is 1. The lowest BCUT2D eigenvalue weighted by Gasteiger charge is -2.18. The number of carboxylic acid groups (broad SMARTS) is 1. The Morgan fingerprint density at radius 2 is 1.73 bits per heavy atom. The Labute approximate surface area is 203 Å². The van der Waals surface area contributed by atoms with Gasteiger partial charge < -0.3 is 10.4 Å². The normalized spacial score (nSPS) is 15.2. The van der Waals surface area contributed by atoms with E-state index in [1.165, 1.54) is 34.4 Å². The smallest absolute Gasteiger partial charge is 0.335 e. The largest absolute Gasteiger partial charge is 0.478 e. The molecule has 0 aliphatic carbocycles. The fourth-order valence-corrected chi connectivity index (χ4v) is 4.55. The van der Waals surface area contributed by atoms with Crippen molar-refractivity contribution in [1.29, 1.82) is 0 Å². The lowest BCUT2D eigenvalue weighted by molar-refractivity contribution is -0.122. The summed E-state index contributed by atoms with van der Waals surface area (Å²) in [6.07, 6.45) is 2.52. The minimum atomic E-state index is -1.02. The van der Waals surface area contributed by atoms with E-state index in [-0.39, 0.29) is 29.2 Å². The molecule has 1 saturated heterocycles. The van der Waals surface area contributed by atoms with Gasteiger partial charge in [0.25, 0.3) is 5.91 Å². The van der Waals surface area contributed by atoms with E-state index < -0.39 is 5.97 Å². The minimum absolute atomic E-state index is 0.0657. The SMILES string of the molecule is CC(C)(C)c1ccc(/C=C2\SC(=S)N(CCCC(=O)Nc3ccc(C(=O)O)cc3)C2=O)cc1. The fourth-order valence-electron chi connectivity index (χ4n) is 3.24. The number of hydrogen-bond donors (Lipinski definition) is 2. The predicted octanol–water partition coefficient (Wildman–Crippen LogP) is 5.30. The fraction of sp³-hybridized carbons (Fsp3) is 0.280. The average molecular weight is 483 g/mol. The van der Waals surface area contributed by atoms with Crippen LogP contribution in [0.1, 0.15) is 55.1 Å². The van der Waals surface area contributed by atoms with Crippen LogP contribution in [0.3, 0.4) is 0 Å². The van der Waals surface area contributed by atoms with Crippen molar-refractivity contribution in [2.24, 2.45) is 0 Å². The highest BCUT2D eigenvalue weighted by Crippen LogP contribution is 2.33. The molecule has 0 spiro atoms. The van der Waals surface area contributed by atoms with Gasteiger partial charge in [-0.15, -0.1) is 0 Å². The molecule has 1 fully saturated rings. The second kappa shape index (κ2) is 10.3. The zero-order valence-corrected chi connectivity index (χ0v) is 20.4. The highest BCUT2D eigenvalue weighted by Gasteiger charge is 2.31. The molecule has 1 aliphatic rings. The van der Waals surface area contributed by atoms with Crippen LogP contribution in [0.4, 0.5) is 5.69 Å². The van der Waals surface area contributed by atoms with Crippen molar-refractivity contribution in [3.05, 3.63) is 70.1 Å². The Hall–Kier alpha value is -2.97. The third kappa shape index (κ3) is 6.52. The van der Waals surface area contributed by atoms with Gasteiger partial charge in [0.15, 0.2) is 0 Å². The number of nitrogens with one attached hydrogen (secondary N) is 1. The summed E-state index contributed by atoms with van der Waals surface area (Å²) in [4.78, 5) is 38.0. The first-order valence-electron chi connectivity index (χ1n) is 10.5. The Morgan fingerprint density at radius 3 is 2.30 bits per heavy atom. The molecule has 2 amide bonds. The Morgan fingerprint density at radius 1 is 1.09 bits per heavy atom. The number of anilines is 1. The molecule has 0 radical (unpaired) electrons. The zero-order chi connectivity index (χ0) is 24.2. The highest BCUT2D eigenvalue weighted by molar-refractivity contribution is 8.26. The lowest BCUT2D eigenvalue weighted by Crippen LogP contribution is -2.29. The van der Waals surface area contributed by atoms with Crippen molar-refractivity contribution in [3.8, 4) is 0 Å². The van der Waals surface area contributed by atoms with Crippen LogP contribution in [-0.4, -0.2) is 38.7 Å². The van der Waals surface area contributed by atoms with E-state index in [2.05, 4.69) is 38.2 Å². The second-order valence-electron chi connectivity index (χ2n) is 8.74. The van der Waals surface area contributed by atoms with Crippen LogP contribution in [0.15, 0.2) is 53.4 Å². The number of benzene rings is 2. The molecule has 0 saturated carbocycles. The summed E-state index contributed by atoms with van der Waals surface area (Å²) in [6.45, 7) is 6.82. The van der Waals surface area contributed by atoms with Crippen LogP contribution in [0.25, 0.3) is 6.08 Å². The van der Waals surface area contributed by atoms with E-state index >= 15 is 0 Å². The number of hydrogen-bond acceptors (Lipinski definition) is 5. The average Bonchev–Trinajstić information content (AvgIpc) is 3.01. The number of aromatic carboxylic acids is 1. The first kappa shape index (κ1) is 24.7. The van der Waals surface area contributed by atoms with Gasteiger partial charge in [-0.2, -0.15) is 0 Å². The summed E-state index contributed by atoms with van der Waals surface area (Å²) < 4.78 is 0.488. The third-order valence-electron chi connectivity index (χ3n) is 5.15. The van der Waals surface area contributed by atoms with Gasteiger partial charge in [-0.3, -0.25) is 14.5 Å². The molecule has 3 rings (SSSR count). The van der Waals surface area contributed by atoms with E-state index in [1.54, 1.807) is 12.1 Å². The maximum absolute atomic E-state index is 12.8. The number of nitrogens with zero attached hydrogens (tertiary/aromatic N) is 1. The summed E-state index contributed by atoms with van der Waals surface area (Å²) in [7, 11) is 0. The zero-order valence-electron chi connectivity index (χ0n) is 18.8. The van der Waals surface area contributed by atoms with Crippen LogP contribution < -0.4 is 5.32 Å². The van der Waals surface area contributed by atoms with Gasteiger partial charge in [0.05, 0.1) is 10.5 Å². The standard InChI is InChI=1S/C25H26N2O4S2/c1-25(2,3)18-10-6-16(7-11-18)15-20-22(29)27(24(32)33-20)14-4-5-21(28)26-19-12-8-17(9-13-19)23(30)31/h6-13,15H,4-5,14H2,1-3H3,(H,26,28)(H,30,31)/b20-15-. The monoisotopic (exact) mass is 482 g/mol. The summed E-state index contributed by atoms with van der Waals surface area (Å²) >= 11 is 6.65. The maximum Gasteiger partial charge on any atom is 0.335 e. The van der Waals surface area contributed by atoms with Gasteiger partial charge in [-0.1, -0.05) is 69.0 Å². The molecule has 0 atom stereocenters. The van der Waals surface area contributed by atoms with Crippen LogP contribution >= 0.6 is 24.0 Å². The number of thioether (sulfide) groups is 1. The number of amides is 2. The van der Waals surface area contributed by atoms with E-state index in [1.807, 2.05) is 18.2 Å². The van der Waals surface area contributed by atoms with Crippen LogP contribution in [0.2, 0.25) is 0 Å². The van der Waals surface area contributed by atoms with Gasteiger partial charge in [0, 0.05) is 18.7 Å². The Bertz CT molecular complexity index is 1100. The van der Waals surface area contributed by atoms with Gasteiger partial charge in [-0.25, -0.2) is 4.79 Å². The Kier molecular flexibility index (Phi) is 7.71. The molecular formula is C25H26N2O4S2. The summed E-state index contributed by atoms with van der Waals surface area (Å²) in [5.41, 5.74) is 2.91. The molecule has 0 bridgehead atoms. The third-order valence-corrected chi connectivity index (χ3v) is 6.53. The molecule has 1 aliphatic heterocycles. The molecule has 2 aromatic carbocycles. The summed E-state index contributed by atoms with van der Waals surface area (Å²) in [5.74, 6) is -1.38. The van der Waals surface area contributed by atoms with Crippen molar-refractivity contribution in [2.75, 3.05) is 11.9 Å². The minimum Gasteiger partial charge on any atom is -0.478 e. The quantitative estimate of drug-likeness (QED) is 0.411. The molecule has 33 heavy (non-hydrogen) atoms. The predicted molar refractivity (Wildman–Crippen MR) is 136 cm³/mol. The van der Waals surface area contributed by atoms with Gasteiger partial charge in [0.1, 0.15) is 4.32 Å². The molecule has 2 N–H and O–H groups in total. The van der Waals surface area contributed by atoms with Gasteiger partial charge in [-0.05, 0) is 53.3 Å². The number of rotatable bonds is 7. The van der Waals surface area contributed by atoms with Crippen molar-refractivity contribution < 1.29 is 19.5 Å². The van der Waals surface area contributed by atoms with Crippen molar-refractivity contribution in [1.82, 2.24) is 4.90 Å². The van der Waals surface area contributed by atoms with Crippen molar-refractivity contribution in [2.45, 2.75) is 39.0 Å². The van der Waals surface area contributed by atoms with Crippen LogP contribution in [-0.2, 0) is 15.0 Å². The molecular weight excluding hydrogens is 456 g/mol. The molecule has 0 aromatic heterocycles. The second-order valence-corrected chi connectivity index (χ2v) is 10.4. The topological polar surface area (TPSA) is 86.7 Å². The van der Waals surface area contributed by atoms with Crippen LogP contribution in [0, 0.1) is 0 Å². The van der Waals surface area contributed by atoms with Crippen LogP contribution in [0.5, 0.6) is 0 Å². The highest BCUT2D eigenvalue weighted by atomic mass is 32.2.